The third-order valence-electron chi connectivity index (χ3n) is 1.31. The Bertz CT molecular complexity index is 239. The molecule has 0 radical (unpaired) electrons. The van der Waals surface area contributed by atoms with Crippen LogP contribution in [0.4, 0.5) is 0 Å². The Kier molecular flexibility index (Phi) is 2.91. The highest BCUT2D eigenvalue weighted by Gasteiger charge is 1.98. The van der Waals surface area contributed by atoms with Gasteiger partial charge < -0.3 is 5.11 Å². The van der Waals surface area contributed by atoms with Gasteiger partial charge in [-0.3, -0.25) is 0 Å². The van der Waals surface area contributed by atoms with E-state index < -0.39 is 0 Å². The van der Waals surface area contributed by atoms with Crippen LogP contribution in [0.2, 0.25) is 0 Å². The molecule has 0 aromatic heterocycles. The molecule has 0 saturated carbocycles. The van der Waals surface area contributed by atoms with E-state index in [9.17, 15) is 0 Å². The van der Waals surface area contributed by atoms with E-state index in [-0.39, 0.29) is 15.9 Å². The van der Waals surface area contributed by atoms with Crippen LogP contribution in [0.5, 0.6) is 0 Å². The molecule has 0 amide bonds. The summed E-state index contributed by atoms with van der Waals surface area (Å²) in [5.41, 5.74) is 0.794. The second-order valence-electron chi connectivity index (χ2n) is 2.25. The van der Waals surface area contributed by atoms with Crippen LogP contribution in [0, 0.1) is 0 Å². The van der Waals surface area contributed by atoms with Crippen LogP contribution in [0.1, 0.15) is 6.92 Å². The highest BCUT2D eigenvalue weighted by Crippen LogP contribution is 2.35. The van der Waals surface area contributed by atoms with Gasteiger partial charge in [0, 0.05) is 5.57 Å². The number of aliphatic hydroxyl groups excluding tert-OH is 1. The standard InChI is InChI=1S/C8H10OS2/c1-7(8(9)10)6-11-4-2-3-5-11/h2-6,11H,1H3,(H,9,10). The molecule has 1 heterocycles. The molecule has 0 spiro atoms. The van der Waals surface area contributed by atoms with Gasteiger partial charge in [-0.15, -0.1) is 0 Å². The van der Waals surface area contributed by atoms with Gasteiger partial charge >= 0.3 is 0 Å². The molecule has 11 heavy (non-hydrogen) atoms. The Hall–Kier alpha value is -0.540. The van der Waals surface area contributed by atoms with Crippen LogP contribution in [0.3, 0.4) is 0 Å². The largest absolute Gasteiger partial charge is 0.499 e. The smallest absolute Gasteiger partial charge is 0.184 e. The second-order valence-corrected chi connectivity index (χ2v) is 4.38. The molecule has 0 saturated heterocycles. The number of hydrogen-bond donors (Lipinski definition) is 2. The van der Waals surface area contributed by atoms with Crippen molar-refractivity contribution in [3.63, 3.8) is 0 Å². The Morgan fingerprint density at radius 3 is 2.45 bits per heavy atom. The first kappa shape index (κ1) is 8.56. The molecule has 0 aromatic rings. The molecule has 3 heteroatoms. The van der Waals surface area contributed by atoms with Gasteiger partial charge in [-0.2, -0.15) is 10.9 Å². The molecular weight excluding hydrogens is 176 g/mol. The maximum Gasteiger partial charge on any atom is 0.184 e. The van der Waals surface area contributed by atoms with Crippen molar-refractivity contribution in [2.45, 2.75) is 6.92 Å². The minimum atomic E-state index is -0.288. The summed E-state index contributed by atoms with van der Waals surface area (Å²) in [6.07, 6.45) is 4.02. The molecule has 1 aliphatic rings. The third-order valence-corrected chi connectivity index (χ3v) is 3.35. The van der Waals surface area contributed by atoms with E-state index in [0.717, 1.165) is 5.57 Å². The van der Waals surface area contributed by atoms with Crippen molar-refractivity contribution in [2.75, 3.05) is 0 Å². The van der Waals surface area contributed by atoms with Gasteiger partial charge in [0.05, 0.1) is 0 Å². The minimum absolute atomic E-state index is 0.00111. The molecule has 0 aliphatic carbocycles. The molecule has 1 rings (SSSR count). The minimum Gasteiger partial charge on any atom is -0.499 e. The van der Waals surface area contributed by atoms with E-state index in [1.54, 1.807) is 0 Å². The van der Waals surface area contributed by atoms with E-state index in [1.165, 1.54) is 0 Å². The average molecular weight is 186 g/mol. The lowest BCUT2D eigenvalue weighted by Crippen LogP contribution is -1.91. The van der Waals surface area contributed by atoms with E-state index in [4.69, 9.17) is 5.11 Å². The number of thiocarbonyl (C=S) groups is 1. The highest BCUT2D eigenvalue weighted by molar-refractivity contribution is 8.24. The Labute approximate surface area is 74.5 Å². The molecule has 0 aromatic carbocycles. The summed E-state index contributed by atoms with van der Waals surface area (Å²) in [6.45, 7) is 1.82. The first-order valence-electron chi connectivity index (χ1n) is 3.24. The molecule has 0 unspecified atom stereocenters. The van der Waals surface area contributed by atoms with Gasteiger partial charge in [-0.25, -0.2) is 0 Å². The number of hydrogen-bond acceptors (Lipinski definition) is 1. The Morgan fingerprint density at radius 1 is 1.45 bits per heavy atom. The zero-order chi connectivity index (χ0) is 8.27. The fourth-order valence-corrected chi connectivity index (χ4v) is 2.30. The molecule has 60 valence electrons. The van der Waals surface area contributed by atoms with E-state index in [0.29, 0.717) is 0 Å². The zero-order valence-electron chi connectivity index (χ0n) is 6.19. The number of allylic oxidation sites excluding steroid dienone is 2. The van der Waals surface area contributed by atoms with Crippen LogP contribution in [-0.2, 0) is 0 Å². The maximum atomic E-state index is 8.91. The quantitative estimate of drug-likeness (QED) is 0.393. The first-order chi connectivity index (χ1) is 5.20. The lowest BCUT2D eigenvalue weighted by Gasteiger charge is -2.03. The average Bonchev–Trinajstić information content (AvgIpc) is 2.39. The second kappa shape index (κ2) is 3.74. The van der Waals surface area contributed by atoms with Crippen LogP contribution >= 0.6 is 23.1 Å². The van der Waals surface area contributed by atoms with Crippen molar-refractivity contribution in [1.82, 2.24) is 0 Å². The molecule has 1 N–H and O–H groups in total. The van der Waals surface area contributed by atoms with Gasteiger partial charge in [0.2, 0.25) is 0 Å². The van der Waals surface area contributed by atoms with Crippen molar-refractivity contribution >= 4 is 28.2 Å². The van der Waals surface area contributed by atoms with Crippen LogP contribution in [0.25, 0.3) is 0 Å². The van der Waals surface area contributed by atoms with Gasteiger partial charge in [0.15, 0.2) is 5.05 Å². The molecule has 1 nitrogen and oxygen atoms in total. The Morgan fingerprint density at radius 2 is 2.00 bits per heavy atom. The van der Waals surface area contributed by atoms with Crippen molar-refractivity contribution in [1.29, 1.82) is 0 Å². The summed E-state index contributed by atoms with van der Waals surface area (Å²) in [5, 5.41) is 15.1. The molecule has 0 bridgehead atoms. The van der Waals surface area contributed by atoms with E-state index >= 15 is 0 Å². The first-order valence-corrected chi connectivity index (χ1v) is 5.20. The van der Waals surface area contributed by atoms with Gasteiger partial charge in [0.1, 0.15) is 0 Å². The molecular formula is C8H10OS2. The topological polar surface area (TPSA) is 20.2 Å². The van der Waals surface area contributed by atoms with Gasteiger partial charge in [0.25, 0.3) is 0 Å². The summed E-state index contributed by atoms with van der Waals surface area (Å²) < 4.78 is 0. The number of thiol groups is 1. The van der Waals surface area contributed by atoms with E-state index in [1.807, 2.05) is 24.5 Å². The number of rotatable bonds is 2. The monoisotopic (exact) mass is 186 g/mol. The van der Waals surface area contributed by atoms with Crippen LogP contribution in [0.15, 0.2) is 33.9 Å². The third kappa shape index (κ3) is 2.52. The van der Waals surface area contributed by atoms with Crippen molar-refractivity contribution < 1.29 is 5.11 Å². The van der Waals surface area contributed by atoms with Crippen molar-refractivity contribution in [3.8, 4) is 0 Å². The fraction of sp³-hybridized carbons (Fsp3) is 0.125. The predicted octanol–water partition coefficient (Wildman–Crippen LogP) is 2.82. The van der Waals surface area contributed by atoms with Crippen molar-refractivity contribution in [3.05, 3.63) is 33.9 Å². The van der Waals surface area contributed by atoms with Crippen LogP contribution < -0.4 is 0 Å². The SMILES string of the molecule is CC(=C[SH]1C=CC=C1)C(O)=S. The summed E-state index contributed by atoms with van der Waals surface area (Å²) >= 11 is 4.60. The van der Waals surface area contributed by atoms with Gasteiger partial charge in [-0.05, 0) is 35.4 Å². The lowest BCUT2D eigenvalue weighted by atomic mass is 10.4. The van der Waals surface area contributed by atoms with Crippen molar-refractivity contribution in [2.24, 2.45) is 0 Å². The number of aliphatic hydroxyl groups is 1. The summed E-state index contributed by atoms with van der Waals surface area (Å²) in [5.74, 6) is 0. The molecule has 0 atom stereocenters. The lowest BCUT2D eigenvalue weighted by molar-refractivity contribution is 0.569. The maximum absolute atomic E-state index is 8.91. The van der Waals surface area contributed by atoms with E-state index in [2.05, 4.69) is 23.0 Å². The summed E-state index contributed by atoms with van der Waals surface area (Å²) in [6, 6.07) is 0. The zero-order valence-corrected chi connectivity index (χ0v) is 7.90. The normalized spacial score (nSPS) is 19.4. The highest BCUT2D eigenvalue weighted by atomic mass is 32.2. The Balaban J connectivity index is 2.64. The summed E-state index contributed by atoms with van der Waals surface area (Å²) in [4.78, 5) is 0. The molecule has 1 aliphatic heterocycles. The van der Waals surface area contributed by atoms with Crippen LogP contribution in [-0.4, -0.2) is 10.2 Å². The molecule has 0 fully saturated rings. The summed E-state index contributed by atoms with van der Waals surface area (Å²) in [7, 11) is -0.288. The van der Waals surface area contributed by atoms with Gasteiger partial charge in [-0.1, -0.05) is 12.2 Å². The predicted molar refractivity (Wildman–Crippen MR) is 56.2 cm³/mol. The fourth-order valence-electron chi connectivity index (χ4n) is 0.713.